The van der Waals surface area contributed by atoms with E-state index >= 15 is 0 Å². The number of carbonyl (C=O) groups excluding carboxylic acids is 1. The highest BCUT2D eigenvalue weighted by Crippen LogP contribution is 2.21. The fraction of sp³-hybridized carbons (Fsp3) is 0.381. The highest BCUT2D eigenvalue weighted by molar-refractivity contribution is 5.94. The SMILES string of the molecule is Cc1ccc(C(=O)NCCN2CCOC(c3ccccc3)C2)cc1C. The average molecular weight is 338 g/mol. The summed E-state index contributed by atoms with van der Waals surface area (Å²) < 4.78 is 5.89. The second kappa shape index (κ2) is 8.28. The van der Waals surface area contributed by atoms with Crippen LogP contribution >= 0.6 is 0 Å². The topological polar surface area (TPSA) is 41.6 Å². The number of carbonyl (C=O) groups is 1. The van der Waals surface area contributed by atoms with Gasteiger partial charge in [-0.3, -0.25) is 9.69 Å². The molecule has 25 heavy (non-hydrogen) atoms. The number of aryl methyl sites for hydroxylation is 2. The molecular weight excluding hydrogens is 312 g/mol. The predicted molar refractivity (Wildman–Crippen MR) is 99.8 cm³/mol. The summed E-state index contributed by atoms with van der Waals surface area (Å²) in [6, 6.07) is 16.2. The molecule has 1 aliphatic rings. The maximum atomic E-state index is 12.3. The third-order valence-electron chi connectivity index (χ3n) is 4.80. The number of benzene rings is 2. The normalized spacial score (nSPS) is 18.1. The quantitative estimate of drug-likeness (QED) is 0.911. The molecule has 1 N–H and O–H groups in total. The molecule has 0 aromatic heterocycles. The summed E-state index contributed by atoms with van der Waals surface area (Å²) in [6.45, 7) is 8.07. The van der Waals surface area contributed by atoms with E-state index in [1.165, 1.54) is 11.1 Å². The van der Waals surface area contributed by atoms with Gasteiger partial charge in [0.25, 0.3) is 5.91 Å². The van der Waals surface area contributed by atoms with Gasteiger partial charge in [-0.15, -0.1) is 0 Å². The average Bonchev–Trinajstić information content (AvgIpc) is 2.65. The molecule has 1 heterocycles. The fourth-order valence-corrected chi connectivity index (χ4v) is 3.09. The summed E-state index contributed by atoms with van der Waals surface area (Å²) in [6.07, 6.45) is 0.116. The summed E-state index contributed by atoms with van der Waals surface area (Å²) >= 11 is 0. The van der Waals surface area contributed by atoms with Crippen LogP contribution in [0.3, 0.4) is 0 Å². The lowest BCUT2D eigenvalue weighted by Crippen LogP contribution is -2.42. The Labute approximate surface area is 149 Å². The number of hydrogen-bond donors (Lipinski definition) is 1. The van der Waals surface area contributed by atoms with E-state index < -0.39 is 0 Å². The lowest BCUT2D eigenvalue weighted by Gasteiger charge is -2.33. The molecule has 0 bridgehead atoms. The molecule has 1 aliphatic heterocycles. The molecule has 2 aromatic carbocycles. The third kappa shape index (κ3) is 4.68. The number of morpholine rings is 1. The van der Waals surface area contributed by atoms with E-state index in [1.54, 1.807) is 0 Å². The van der Waals surface area contributed by atoms with Crippen molar-refractivity contribution in [1.82, 2.24) is 10.2 Å². The van der Waals surface area contributed by atoms with Crippen LogP contribution in [0.25, 0.3) is 0 Å². The molecule has 0 radical (unpaired) electrons. The van der Waals surface area contributed by atoms with Crippen molar-refractivity contribution in [3.8, 4) is 0 Å². The summed E-state index contributed by atoms with van der Waals surface area (Å²) in [5, 5.41) is 3.03. The van der Waals surface area contributed by atoms with E-state index in [9.17, 15) is 4.79 Å². The van der Waals surface area contributed by atoms with E-state index in [0.717, 1.165) is 37.4 Å². The minimum atomic E-state index is -0.00373. The molecule has 2 aromatic rings. The molecular formula is C21H26N2O2. The van der Waals surface area contributed by atoms with Crippen molar-refractivity contribution in [1.29, 1.82) is 0 Å². The van der Waals surface area contributed by atoms with E-state index in [-0.39, 0.29) is 12.0 Å². The molecule has 1 atom stereocenters. The van der Waals surface area contributed by atoms with Gasteiger partial charge in [0, 0.05) is 31.7 Å². The molecule has 0 saturated carbocycles. The first-order chi connectivity index (χ1) is 12.1. The molecule has 4 nitrogen and oxygen atoms in total. The number of ether oxygens (including phenoxy) is 1. The smallest absolute Gasteiger partial charge is 0.251 e. The van der Waals surface area contributed by atoms with E-state index in [1.807, 2.05) is 43.3 Å². The Bertz CT molecular complexity index is 715. The van der Waals surface area contributed by atoms with Crippen LogP contribution in [0.1, 0.15) is 33.2 Å². The van der Waals surface area contributed by atoms with E-state index in [2.05, 4.69) is 29.3 Å². The number of rotatable bonds is 5. The van der Waals surface area contributed by atoms with Gasteiger partial charge >= 0.3 is 0 Å². The summed E-state index contributed by atoms with van der Waals surface area (Å²) in [7, 11) is 0. The van der Waals surface area contributed by atoms with Crippen molar-refractivity contribution < 1.29 is 9.53 Å². The zero-order valence-corrected chi connectivity index (χ0v) is 15.0. The zero-order chi connectivity index (χ0) is 17.6. The van der Waals surface area contributed by atoms with Gasteiger partial charge in [-0.05, 0) is 42.7 Å². The monoisotopic (exact) mass is 338 g/mol. The third-order valence-corrected chi connectivity index (χ3v) is 4.80. The first kappa shape index (κ1) is 17.6. The van der Waals surface area contributed by atoms with Crippen molar-refractivity contribution in [2.45, 2.75) is 20.0 Å². The number of nitrogens with one attached hydrogen (secondary N) is 1. The van der Waals surface area contributed by atoms with Gasteiger partial charge in [-0.25, -0.2) is 0 Å². The van der Waals surface area contributed by atoms with Crippen LogP contribution in [0.5, 0.6) is 0 Å². The highest BCUT2D eigenvalue weighted by atomic mass is 16.5. The Morgan fingerprint density at radius 2 is 1.96 bits per heavy atom. The summed E-state index contributed by atoms with van der Waals surface area (Å²) in [5.41, 5.74) is 4.29. The van der Waals surface area contributed by atoms with Gasteiger partial charge in [0.1, 0.15) is 0 Å². The van der Waals surface area contributed by atoms with E-state index in [4.69, 9.17) is 4.74 Å². The molecule has 0 aliphatic carbocycles. The fourth-order valence-electron chi connectivity index (χ4n) is 3.09. The van der Waals surface area contributed by atoms with E-state index in [0.29, 0.717) is 6.54 Å². The van der Waals surface area contributed by atoms with Gasteiger partial charge in [0.05, 0.1) is 12.7 Å². The van der Waals surface area contributed by atoms with Crippen LogP contribution in [-0.4, -0.2) is 43.6 Å². The van der Waals surface area contributed by atoms with Crippen LogP contribution in [0, 0.1) is 13.8 Å². The molecule has 1 unspecified atom stereocenters. The second-order valence-electron chi connectivity index (χ2n) is 6.63. The summed E-state index contributed by atoms with van der Waals surface area (Å²) in [4.78, 5) is 14.6. The van der Waals surface area contributed by atoms with Crippen LogP contribution in [0.2, 0.25) is 0 Å². The second-order valence-corrected chi connectivity index (χ2v) is 6.63. The first-order valence-electron chi connectivity index (χ1n) is 8.88. The molecule has 0 spiro atoms. The van der Waals surface area contributed by atoms with Crippen LogP contribution < -0.4 is 5.32 Å². The lowest BCUT2D eigenvalue weighted by molar-refractivity contribution is -0.0293. The zero-order valence-electron chi connectivity index (χ0n) is 15.0. The van der Waals surface area contributed by atoms with Crippen molar-refractivity contribution >= 4 is 5.91 Å². The van der Waals surface area contributed by atoms with Gasteiger partial charge in [-0.2, -0.15) is 0 Å². The maximum absolute atomic E-state index is 12.3. The van der Waals surface area contributed by atoms with Gasteiger partial charge in [0.15, 0.2) is 0 Å². The molecule has 1 amide bonds. The summed E-state index contributed by atoms with van der Waals surface area (Å²) in [5.74, 6) is -0.00373. The molecule has 132 valence electrons. The highest BCUT2D eigenvalue weighted by Gasteiger charge is 2.21. The standard InChI is InChI=1S/C21H26N2O2/c1-16-8-9-19(14-17(16)2)21(24)22-10-11-23-12-13-25-20(15-23)18-6-4-3-5-7-18/h3-9,14,20H,10-13,15H2,1-2H3,(H,22,24). The van der Waals surface area contributed by atoms with Gasteiger partial charge in [0.2, 0.25) is 0 Å². The van der Waals surface area contributed by atoms with Crippen molar-refractivity contribution in [2.75, 3.05) is 32.8 Å². The minimum Gasteiger partial charge on any atom is -0.371 e. The number of hydrogen-bond acceptors (Lipinski definition) is 3. The molecule has 1 fully saturated rings. The van der Waals surface area contributed by atoms with Crippen LogP contribution in [-0.2, 0) is 4.74 Å². The van der Waals surface area contributed by atoms with Gasteiger partial charge < -0.3 is 10.1 Å². The Kier molecular flexibility index (Phi) is 5.84. The Hall–Kier alpha value is -2.17. The predicted octanol–water partition coefficient (Wildman–Crippen LogP) is 3.11. The molecule has 3 rings (SSSR count). The Morgan fingerprint density at radius 3 is 2.72 bits per heavy atom. The van der Waals surface area contributed by atoms with Gasteiger partial charge in [-0.1, -0.05) is 36.4 Å². The van der Waals surface area contributed by atoms with Crippen LogP contribution in [0.15, 0.2) is 48.5 Å². The number of amides is 1. The van der Waals surface area contributed by atoms with Crippen molar-refractivity contribution in [3.05, 3.63) is 70.8 Å². The van der Waals surface area contributed by atoms with Crippen LogP contribution in [0.4, 0.5) is 0 Å². The molecule has 1 saturated heterocycles. The van der Waals surface area contributed by atoms with Crippen molar-refractivity contribution in [2.24, 2.45) is 0 Å². The first-order valence-corrected chi connectivity index (χ1v) is 8.88. The number of nitrogens with zero attached hydrogens (tertiary/aromatic N) is 1. The minimum absolute atomic E-state index is 0.00373. The largest absolute Gasteiger partial charge is 0.371 e. The van der Waals surface area contributed by atoms with Crippen molar-refractivity contribution in [3.63, 3.8) is 0 Å². The maximum Gasteiger partial charge on any atom is 0.251 e. The molecule has 4 heteroatoms. The lowest BCUT2D eigenvalue weighted by atomic mass is 10.1. The Balaban J connectivity index is 1.48. The Morgan fingerprint density at radius 1 is 1.16 bits per heavy atom.